The molecule has 0 bridgehead atoms. The van der Waals surface area contributed by atoms with E-state index in [1.54, 1.807) is 12.1 Å². The molecule has 138 valence electrons. The molecule has 1 heterocycles. The van der Waals surface area contributed by atoms with Crippen molar-refractivity contribution < 1.29 is 9.59 Å². The molecule has 1 aliphatic rings. The smallest absolute Gasteiger partial charge is 0.257 e. The van der Waals surface area contributed by atoms with Gasteiger partial charge in [0.05, 0.1) is 5.69 Å². The Balaban J connectivity index is 1.40. The van der Waals surface area contributed by atoms with Crippen molar-refractivity contribution in [3.8, 4) is 0 Å². The summed E-state index contributed by atoms with van der Waals surface area (Å²) in [6.45, 7) is 0.800. The van der Waals surface area contributed by atoms with Crippen molar-refractivity contribution in [2.45, 2.75) is 44.9 Å². The molecular weight excluding hydrogens is 346 g/mol. The zero-order valence-corrected chi connectivity index (χ0v) is 15.7. The third-order valence-corrected chi connectivity index (χ3v) is 5.54. The van der Waals surface area contributed by atoms with Gasteiger partial charge in [0.2, 0.25) is 5.91 Å². The van der Waals surface area contributed by atoms with Crippen molar-refractivity contribution in [1.29, 1.82) is 0 Å². The number of benzene rings is 1. The fraction of sp³-hybridized carbons (Fsp3) is 0.450. The molecule has 1 saturated carbocycles. The predicted molar refractivity (Wildman–Crippen MR) is 104 cm³/mol. The van der Waals surface area contributed by atoms with Crippen LogP contribution in [0.4, 0.5) is 5.13 Å². The summed E-state index contributed by atoms with van der Waals surface area (Å²) in [5.74, 6) is 0.557. The van der Waals surface area contributed by atoms with E-state index in [9.17, 15) is 9.59 Å². The fourth-order valence-electron chi connectivity index (χ4n) is 3.22. The van der Waals surface area contributed by atoms with Gasteiger partial charge in [-0.15, -0.1) is 11.3 Å². The lowest BCUT2D eigenvalue weighted by Crippen LogP contribution is -2.30. The molecule has 0 aliphatic heterocycles. The Labute approximate surface area is 158 Å². The first-order valence-electron chi connectivity index (χ1n) is 9.28. The van der Waals surface area contributed by atoms with Gasteiger partial charge in [-0.1, -0.05) is 37.5 Å². The van der Waals surface area contributed by atoms with Crippen molar-refractivity contribution in [3.63, 3.8) is 0 Å². The number of nitrogens with one attached hydrogen (secondary N) is 2. The van der Waals surface area contributed by atoms with Crippen LogP contribution in [0.3, 0.4) is 0 Å². The van der Waals surface area contributed by atoms with Crippen LogP contribution in [0.25, 0.3) is 0 Å². The van der Waals surface area contributed by atoms with Gasteiger partial charge >= 0.3 is 0 Å². The molecule has 0 unspecified atom stereocenters. The minimum absolute atomic E-state index is 0.0819. The molecule has 5 nitrogen and oxygen atoms in total. The number of carbonyl (C=O) groups is 2. The summed E-state index contributed by atoms with van der Waals surface area (Å²) in [4.78, 5) is 28.5. The van der Waals surface area contributed by atoms with Gasteiger partial charge < -0.3 is 5.32 Å². The Hall–Kier alpha value is -2.21. The van der Waals surface area contributed by atoms with Crippen molar-refractivity contribution in [2.24, 2.45) is 5.92 Å². The number of aryl methyl sites for hydroxylation is 1. The standard InChI is InChI=1S/C20H25N3O2S/c24-18(21-13-15-7-3-1-4-8-15)12-11-17-14-26-20(22-17)23-19(25)16-9-5-2-6-10-16/h2,5-6,9-10,14-15H,1,3-4,7-8,11-13H2,(H,21,24)(H,22,23,25). The van der Waals surface area contributed by atoms with Crippen LogP contribution in [0.5, 0.6) is 0 Å². The lowest BCUT2D eigenvalue weighted by atomic mass is 9.89. The second kappa shape index (κ2) is 9.48. The molecule has 0 radical (unpaired) electrons. The van der Waals surface area contributed by atoms with Gasteiger partial charge in [0.25, 0.3) is 5.91 Å². The number of carbonyl (C=O) groups excluding carboxylic acids is 2. The molecule has 0 spiro atoms. The highest BCUT2D eigenvalue weighted by Gasteiger charge is 2.14. The average molecular weight is 372 g/mol. The maximum absolute atomic E-state index is 12.1. The van der Waals surface area contributed by atoms with E-state index in [2.05, 4.69) is 15.6 Å². The molecule has 1 aromatic carbocycles. The van der Waals surface area contributed by atoms with Gasteiger partial charge in [0.15, 0.2) is 5.13 Å². The lowest BCUT2D eigenvalue weighted by Gasteiger charge is -2.21. The largest absolute Gasteiger partial charge is 0.356 e. The third kappa shape index (κ3) is 5.66. The maximum Gasteiger partial charge on any atom is 0.257 e. The molecule has 1 aliphatic carbocycles. The van der Waals surface area contributed by atoms with Crippen LogP contribution in [0.1, 0.15) is 54.6 Å². The molecular formula is C20H25N3O2S. The van der Waals surface area contributed by atoms with E-state index in [0.717, 1.165) is 12.2 Å². The highest BCUT2D eigenvalue weighted by atomic mass is 32.1. The first-order valence-corrected chi connectivity index (χ1v) is 10.2. The topological polar surface area (TPSA) is 71.1 Å². The first kappa shape index (κ1) is 18.6. The summed E-state index contributed by atoms with van der Waals surface area (Å²) in [7, 11) is 0. The second-order valence-electron chi connectivity index (χ2n) is 6.77. The third-order valence-electron chi connectivity index (χ3n) is 4.73. The Kier molecular flexibility index (Phi) is 6.77. The molecule has 1 aromatic heterocycles. The predicted octanol–water partition coefficient (Wildman–Crippen LogP) is 4.02. The first-order chi connectivity index (χ1) is 12.7. The monoisotopic (exact) mass is 371 g/mol. The average Bonchev–Trinajstić information content (AvgIpc) is 3.13. The fourth-order valence-corrected chi connectivity index (χ4v) is 3.96. The van der Waals surface area contributed by atoms with Gasteiger partial charge in [-0.3, -0.25) is 14.9 Å². The van der Waals surface area contributed by atoms with Crippen molar-refractivity contribution >= 4 is 28.3 Å². The van der Waals surface area contributed by atoms with E-state index in [-0.39, 0.29) is 11.8 Å². The zero-order chi connectivity index (χ0) is 18.2. The molecule has 2 amide bonds. The quantitative estimate of drug-likeness (QED) is 0.772. The van der Waals surface area contributed by atoms with Crippen LogP contribution in [-0.2, 0) is 11.2 Å². The number of amides is 2. The number of hydrogen-bond acceptors (Lipinski definition) is 4. The maximum atomic E-state index is 12.1. The van der Waals surface area contributed by atoms with Crippen LogP contribution in [0.2, 0.25) is 0 Å². The molecule has 0 atom stereocenters. The number of nitrogens with zero attached hydrogens (tertiary/aromatic N) is 1. The molecule has 2 aromatic rings. The summed E-state index contributed by atoms with van der Waals surface area (Å²) in [6.07, 6.45) is 7.40. The molecule has 3 rings (SSSR count). The Morgan fingerprint density at radius 1 is 1.12 bits per heavy atom. The van der Waals surface area contributed by atoms with Gasteiger partial charge in [0, 0.05) is 23.9 Å². The van der Waals surface area contributed by atoms with E-state index < -0.39 is 0 Å². The molecule has 6 heteroatoms. The SMILES string of the molecule is O=C(CCc1csc(NC(=O)c2ccccc2)n1)NCC1CCCCC1. The van der Waals surface area contributed by atoms with Gasteiger partial charge in [0.1, 0.15) is 0 Å². The number of anilines is 1. The van der Waals surface area contributed by atoms with E-state index in [4.69, 9.17) is 0 Å². The summed E-state index contributed by atoms with van der Waals surface area (Å²) in [5, 5.41) is 8.32. The van der Waals surface area contributed by atoms with Crippen molar-refractivity contribution in [3.05, 3.63) is 47.0 Å². The normalized spacial score (nSPS) is 14.8. The summed E-state index contributed by atoms with van der Waals surface area (Å²) < 4.78 is 0. The zero-order valence-electron chi connectivity index (χ0n) is 14.9. The summed E-state index contributed by atoms with van der Waals surface area (Å²) in [6, 6.07) is 9.06. The van der Waals surface area contributed by atoms with Crippen LogP contribution in [0.15, 0.2) is 35.7 Å². The number of hydrogen-bond donors (Lipinski definition) is 2. The van der Waals surface area contributed by atoms with Crippen LogP contribution in [-0.4, -0.2) is 23.3 Å². The Morgan fingerprint density at radius 3 is 2.65 bits per heavy atom. The van der Waals surface area contributed by atoms with Crippen molar-refractivity contribution in [1.82, 2.24) is 10.3 Å². The number of aromatic nitrogens is 1. The number of thiazole rings is 1. The van der Waals surface area contributed by atoms with Gasteiger partial charge in [-0.2, -0.15) is 0 Å². The van der Waals surface area contributed by atoms with E-state index in [0.29, 0.717) is 29.5 Å². The van der Waals surface area contributed by atoms with E-state index in [1.807, 2.05) is 23.6 Å². The highest BCUT2D eigenvalue weighted by Crippen LogP contribution is 2.23. The molecule has 2 N–H and O–H groups in total. The summed E-state index contributed by atoms with van der Waals surface area (Å²) in [5.41, 5.74) is 1.44. The minimum atomic E-state index is -0.170. The van der Waals surface area contributed by atoms with Crippen LogP contribution >= 0.6 is 11.3 Å². The Morgan fingerprint density at radius 2 is 1.88 bits per heavy atom. The van der Waals surface area contributed by atoms with E-state index in [1.165, 1.54) is 43.4 Å². The molecule has 26 heavy (non-hydrogen) atoms. The Bertz CT molecular complexity index is 724. The van der Waals surface area contributed by atoms with Crippen LogP contribution in [0, 0.1) is 5.92 Å². The summed E-state index contributed by atoms with van der Waals surface area (Å²) >= 11 is 1.39. The van der Waals surface area contributed by atoms with Crippen molar-refractivity contribution in [2.75, 3.05) is 11.9 Å². The number of rotatable bonds is 7. The lowest BCUT2D eigenvalue weighted by molar-refractivity contribution is -0.121. The highest BCUT2D eigenvalue weighted by molar-refractivity contribution is 7.14. The molecule has 1 fully saturated rings. The second-order valence-corrected chi connectivity index (χ2v) is 7.63. The van der Waals surface area contributed by atoms with Gasteiger partial charge in [-0.25, -0.2) is 4.98 Å². The molecule has 0 saturated heterocycles. The van der Waals surface area contributed by atoms with E-state index >= 15 is 0 Å². The van der Waals surface area contributed by atoms with Crippen LogP contribution < -0.4 is 10.6 Å². The minimum Gasteiger partial charge on any atom is -0.356 e. The van der Waals surface area contributed by atoms with Gasteiger partial charge in [-0.05, 0) is 37.3 Å².